The molecule has 0 bridgehead atoms. The van der Waals surface area contributed by atoms with Crippen molar-refractivity contribution in [3.63, 3.8) is 0 Å². The summed E-state index contributed by atoms with van der Waals surface area (Å²) in [6, 6.07) is 5.20. The predicted molar refractivity (Wildman–Crippen MR) is 109 cm³/mol. The molecule has 1 aromatic heterocycles. The lowest BCUT2D eigenvalue weighted by Gasteiger charge is -2.34. The second-order valence-electron chi connectivity index (χ2n) is 8.13. The van der Waals surface area contributed by atoms with E-state index in [0.29, 0.717) is 24.6 Å². The molecule has 36 heavy (non-hydrogen) atoms. The second kappa shape index (κ2) is 13.2. The molecule has 4 heterocycles. The predicted octanol–water partition coefficient (Wildman–Crippen LogP) is 2.74. The number of halogens is 6. The molecule has 0 unspecified atom stereocenters. The summed E-state index contributed by atoms with van der Waals surface area (Å²) < 4.78 is 81.0. The minimum atomic E-state index is -5.08. The molecule has 3 aliphatic rings. The van der Waals surface area contributed by atoms with Gasteiger partial charge in [-0.25, -0.2) is 9.59 Å². The number of aromatic nitrogens is 1. The van der Waals surface area contributed by atoms with Crippen LogP contribution in [0.3, 0.4) is 0 Å². The third-order valence-electron chi connectivity index (χ3n) is 5.72. The SMILES string of the molecule is O=C(O)C(F)(F)F.O=C(O)C(F)(F)F.c1cncc(CO[C@H]2CN(C3CCOCC3)[C@@H]3COC[C@H]23)c1. The number of carboxylic acids is 2. The molecule has 2 N–H and O–H groups in total. The lowest BCUT2D eigenvalue weighted by atomic mass is 10.0. The lowest BCUT2D eigenvalue weighted by Crippen LogP contribution is -2.44. The fourth-order valence-corrected chi connectivity index (χ4v) is 4.03. The first-order valence-corrected chi connectivity index (χ1v) is 10.8. The van der Waals surface area contributed by atoms with Crippen molar-refractivity contribution in [2.45, 2.75) is 50.0 Å². The molecule has 3 fully saturated rings. The van der Waals surface area contributed by atoms with Crippen molar-refractivity contribution >= 4 is 11.9 Å². The van der Waals surface area contributed by atoms with Crippen molar-refractivity contribution in [2.75, 3.05) is 33.0 Å². The summed E-state index contributed by atoms with van der Waals surface area (Å²) in [5, 5.41) is 14.2. The van der Waals surface area contributed by atoms with Crippen LogP contribution in [-0.2, 0) is 30.4 Å². The van der Waals surface area contributed by atoms with Gasteiger partial charge in [-0.2, -0.15) is 26.3 Å². The van der Waals surface area contributed by atoms with Crippen molar-refractivity contribution < 1.29 is 60.4 Å². The van der Waals surface area contributed by atoms with E-state index >= 15 is 0 Å². The van der Waals surface area contributed by atoms with Gasteiger partial charge in [0.2, 0.25) is 0 Å². The molecule has 9 nitrogen and oxygen atoms in total. The molecule has 0 radical (unpaired) electrons. The average Bonchev–Trinajstić information content (AvgIpc) is 3.42. The van der Waals surface area contributed by atoms with E-state index in [9.17, 15) is 26.3 Å². The molecule has 4 rings (SSSR count). The van der Waals surface area contributed by atoms with Crippen LogP contribution >= 0.6 is 0 Å². The maximum Gasteiger partial charge on any atom is 0.490 e. The van der Waals surface area contributed by atoms with E-state index in [0.717, 1.165) is 51.4 Å². The quantitative estimate of drug-likeness (QED) is 0.565. The van der Waals surface area contributed by atoms with Crippen LogP contribution in [0.4, 0.5) is 26.3 Å². The van der Waals surface area contributed by atoms with Crippen LogP contribution in [0.15, 0.2) is 24.5 Å². The zero-order valence-electron chi connectivity index (χ0n) is 18.9. The highest BCUT2D eigenvalue weighted by Gasteiger charge is 2.48. The zero-order chi connectivity index (χ0) is 26.9. The molecule has 0 amide bonds. The Morgan fingerprint density at radius 1 is 1.03 bits per heavy atom. The van der Waals surface area contributed by atoms with Crippen LogP contribution in [0.25, 0.3) is 0 Å². The third-order valence-corrected chi connectivity index (χ3v) is 5.72. The zero-order valence-corrected chi connectivity index (χ0v) is 18.9. The number of hydrogen-bond donors (Lipinski definition) is 2. The van der Waals surface area contributed by atoms with E-state index in [4.69, 9.17) is 34.0 Å². The van der Waals surface area contributed by atoms with Gasteiger partial charge in [-0.1, -0.05) is 6.07 Å². The molecule has 3 atom stereocenters. The first kappa shape index (κ1) is 29.7. The van der Waals surface area contributed by atoms with Crippen LogP contribution in [-0.4, -0.2) is 95.5 Å². The third kappa shape index (κ3) is 9.19. The van der Waals surface area contributed by atoms with Crippen LogP contribution in [0.5, 0.6) is 0 Å². The van der Waals surface area contributed by atoms with E-state index in [1.165, 1.54) is 0 Å². The topological polar surface area (TPSA) is 118 Å². The molecule has 0 aromatic carbocycles. The smallest absolute Gasteiger partial charge is 0.475 e. The van der Waals surface area contributed by atoms with E-state index in [1.807, 2.05) is 12.3 Å². The molecule has 15 heteroatoms. The number of carboxylic acid groups (broad SMARTS) is 2. The van der Waals surface area contributed by atoms with Crippen LogP contribution < -0.4 is 0 Å². The monoisotopic (exact) mass is 532 g/mol. The summed E-state index contributed by atoms with van der Waals surface area (Å²) >= 11 is 0. The molecular formula is C21H26F6N2O7. The molecule has 204 valence electrons. The van der Waals surface area contributed by atoms with Gasteiger partial charge >= 0.3 is 24.3 Å². The molecule has 0 spiro atoms. The van der Waals surface area contributed by atoms with Crippen molar-refractivity contribution in [1.29, 1.82) is 0 Å². The Balaban J connectivity index is 0.000000271. The number of ether oxygens (including phenoxy) is 3. The number of nitrogens with zero attached hydrogens (tertiary/aromatic N) is 2. The van der Waals surface area contributed by atoms with E-state index < -0.39 is 24.3 Å². The van der Waals surface area contributed by atoms with Gasteiger partial charge < -0.3 is 24.4 Å². The van der Waals surface area contributed by atoms with Crippen molar-refractivity contribution in [3.05, 3.63) is 30.1 Å². The van der Waals surface area contributed by atoms with Crippen LogP contribution in [0, 0.1) is 5.92 Å². The standard InChI is InChI=1S/C17H24N2O3.2C2HF3O2/c1-2-13(8-18-5-1)10-22-17-9-19(14-3-6-20-7-4-14)16-12-21-11-15(16)17;2*3-2(4,5)1(6)7/h1-2,5,8,14-17H,3-4,6-7,9-12H2;2*(H,6,7)/t15-,16+,17-;;/m0../s1. The first-order valence-electron chi connectivity index (χ1n) is 10.8. The van der Waals surface area contributed by atoms with Crippen molar-refractivity contribution in [3.8, 4) is 0 Å². The number of likely N-dealkylation sites (tertiary alicyclic amines) is 1. The molecule has 0 aliphatic carbocycles. The summed E-state index contributed by atoms with van der Waals surface area (Å²) in [5.74, 6) is -5.00. The number of fused-ring (bicyclic) bond motifs is 1. The number of carbonyl (C=O) groups is 2. The summed E-state index contributed by atoms with van der Waals surface area (Å²) in [6.45, 7) is 5.14. The van der Waals surface area contributed by atoms with Gasteiger partial charge in [0, 0.05) is 50.2 Å². The number of aliphatic carboxylic acids is 2. The largest absolute Gasteiger partial charge is 0.490 e. The number of rotatable bonds is 4. The molecular weight excluding hydrogens is 506 g/mol. The fourth-order valence-electron chi connectivity index (χ4n) is 4.03. The normalized spacial score (nSPS) is 24.7. The maximum atomic E-state index is 10.6. The molecule has 1 aromatic rings. The maximum absolute atomic E-state index is 10.6. The average molecular weight is 532 g/mol. The van der Waals surface area contributed by atoms with Gasteiger partial charge in [-0.15, -0.1) is 0 Å². The molecule has 0 saturated carbocycles. The van der Waals surface area contributed by atoms with Crippen LogP contribution in [0.1, 0.15) is 18.4 Å². The Kier molecular flexibility index (Phi) is 10.9. The van der Waals surface area contributed by atoms with Gasteiger partial charge in [-0.05, 0) is 24.5 Å². The molecule has 3 saturated heterocycles. The Morgan fingerprint density at radius 3 is 2.11 bits per heavy atom. The summed E-state index contributed by atoms with van der Waals surface area (Å²) in [6.07, 6.45) is -3.94. The van der Waals surface area contributed by atoms with Gasteiger partial charge in [0.05, 0.1) is 25.9 Å². The highest BCUT2D eigenvalue weighted by Crippen LogP contribution is 2.35. The first-order chi connectivity index (χ1) is 16.8. The van der Waals surface area contributed by atoms with Gasteiger partial charge in [0.15, 0.2) is 0 Å². The Morgan fingerprint density at radius 2 is 1.61 bits per heavy atom. The minimum Gasteiger partial charge on any atom is -0.475 e. The second-order valence-corrected chi connectivity index (χ2v) is 8.13. The number of alkyl halides is 6. The number of pyridine rings is 1. The van der Waals surface area contributed by atoms with Gasteiger partial charge in [-0.3, -0.25) is 9.88 Å². The Bertz CT molecular complexity index is 810. The van der Waals surface area contributed by atoms with Crippen molar-refractivity contribution in [1.82, 2.24) is 9.88 Å². The fraction of sp³-hybridized carbons (Fsp3) is 0.667. The van der Waals surface area contributed by atoms with E-state index in [-0.39, 0.29) is 6.10 Å². The Labute approximate surface area is 201 Å². The summed E-state index contributed by atoms with van der Waals surface area (Å²) in [5.41, 5.74) is 1.14. The molecule has 3 aliphatic heterocycles. The van der Waals surface area contributed by atoms with Crippen molar-refractivity contribution in [2.24, 2.45) is 5.92 Å². The lowest BCUT2D eigenvalue weighted by molar-refractivity contribution is -0.193. The highest BCUT2D eigenvalue weighted by atomic mass is 19.4. The van der Waals surface area contributed by atoms with E-state index in [2.05, 4.69) is 16.0 Å². The summed E-state index contributed by atoms with van der Waals surface area (Å²) in [4.78, 5) is 24.6. The number of hydrogen-bond acceptors (Lipinski definition) is 7. The Hall–Kier alpha value is -2.49. The van der Waals surface area contributed by atoms with E-state index in [1.54, 1.807) is 6.20 Å². The summed E-state index contributed by atoms with van der Waals surface area (Å²) in [7, 11) is 0. The van der Waals surface area contributed by atoms with Gasteiger partial charge in [0.25, 0.3) is 0 Å². The highest BCUT2D eigenvalue weighted by molar-refractivity contribution is 5.73. The minimum absolute atomic E-state index is 0.274. The van der Waals surface area contributed by atoms with Gasteiger partial charge in [0.1, 0.15) is 0 Å². The van der Waals surface area contributed by atoms with Crippen LogP contribution in [0.2, 0.25) is 0 Å².